The van der Waals surface area contributed by atoms with E-state index in [0.717, 1.165) is 27.4 Å². The van der Waals surface area contributed by atoms with Crippen molar-refractivity contribution in [3.63, 3.8) is 0 Å². The molecule has 7 heteroatoms. The summed E-state index contributed by atoms with van der Waals surface area (Å²) in [6, 6.07) is 10.9. The van der Waals surface area contributed by atoms with Gasteiger partial charge in [-0.25, -0.2) is 4.79 Å². The van der Waals surface area contributed by atoms with Crippen molar-refractivity contribution in [1.29, 1.82) is 0 Å². The number of fused-ring (bicyclic) bond motifs is 3. The SMILES string of the molecule is CC(=O)O/N=C(\C)c1ccc2c(c1)c1cc([N+](=O)[O-])ccc1n2C(C)C. The lowest BCUT2D eigenvalue weighted by Gasteiger charge is -2.11. The molecule has 3 rings (SSSR count). The van der Waals surface area contributed by atoms with E-state index in [1.54, 1.807) is 19.1 Å². The normalized spacial score (nSPS) is 12.1. The Morgan fingerprint density at radius 2 is 1.73 bits per heavy atom. The van der Waals surface area contributed by atoms with Crippen LogP contribution < -0.4 is 0 Å². The molecule has 0 fully saturated rings. The quantitative estimate of drug-likeness (QED) is 0.297. The monoisotopic (exact) mass is 353 g/mol. The summed E-state index contributed by atoms with van der Waals surface area (Å²) in [6.07, 6.45) is 0. The molecule has 0 spiro atoms. The zero-order valence-electron chi connectivity index (χ0n) is 15.0. The van der Waals surface area contributed by atoms with Crippen LogP contribution in [0.15, 0.2) is 41.6 Å². The lowest BCUT2D eigenvalue weighted by molar-refractivity contribution is -0.384. The minimum Gasteiger partial charge on any atom is -0.338 e. The van der Waals surface area contributed by atoms with Crippen LogP contribution in [0.2, 0.25) is 0 Å². The molecule has 134 valence electrons. The smallest absolute Gasteiger partial charge is 0.331 e. The molecule has 1 aromatic heterocycles. The third-order valence-electron chi connectivity index (χ3n) is 4.24. The highest BCUT2D eigenvalue weighted by molar-refractivity contribution is 6.12. The van der Waals surface area contributed by atoms with Crippen molar-refractivity contribution >= 4 is 39.2 Å². The zero-order valence-corrected chi connectivity index (χ0v) is 15.0. The van der Waals surface area contributed by atoms with Crippen molar-refractivity contribution in [2.75, 3.05) is 0 Å². The van der Waals surface area contributed by atoms with Crippen LogP contribution >= 0.6 is 0 Å². The van der Waals surface area contributed by atoms with Crippen molar-refractivity contribution < 1.29 is 14.6 Å². The van der Waals surface area contributed by atoms with Gasteiger partial charge in [0.05, 0.1) is 10.6 Å². The van der Waals surface area contributed by atoms with Gasteiger partial charge < -0.3 is 9.40 Å². The van der Waals surface area contributed by atoms with E-state index >= 15 is 0 Å². The van der Waals surface area contributed by atoms with Crippen molar-refractivity contribution in [2.24, 2.45) is 5.16 Å². The zero-order chi connectivity index (χ0) is 19.0. The highest BCUT2D eigenvalue weighted by atomic mass is 16.7. The van der Waals surface area contributed by atoms with Gasteiger partial charge in [-0.2, -0.15) is 0 Å². The number of oxime groups is 1. The minimum absolute atomic E-state index is 0.0519. The predicted octanol–water partition coefficient (Wildman–Crippen LogP) is 4.57. The van der Waals surface area contributed by atoms with Crippen molar-refractivity contribution in [3.05, 3.63) is 52.1 Å². The van der Waals surface area contributed by atoms with Crippen LogP contribution in [0.5, 0.6) is 0 Å². The van der Waals surface area contributed by atoms with Crippen LogP contribution in [0, 0.1) is 10.1 Å². The lowest BCUT2D eigenvalue weighted by atomic mass is 10.1. The molecule has 0 radical (unpaired) electrons. The molecule has 0 atom stereocenters. The molecule has 7 nitrogen and oxygen atoms in total. The van der Waals surface area contributed by atoms with Crippen LogP contribution in [0.3, 0.4) is 0 Å². The van der Waals surface area contributed by atoms with Gasteiger partial charge in [0, 0.05) is 46.9 Å². The molecule has 0 aliphatic rings. The number of hydrogen-bond acceptors (Lipinski definition) is 5. The third kappa shape index (κ3) is 3.03. The number of aromatic nitrogens is 1. The van der Waals surface area contributed by atoms with Gasteiger partial charge in [-0.15, -0.1) is 0 Å². The van der Waals surface area contributed by atoms with Crippen LogP contribution in [-0.4, -0.2) is 21.2 Å². The summed E-state index contributed by atoms with van der Waals surface area (Å²) in [5.74, 6) is -0.488. The van der Waals surface area contributed by atoms with Gasteiger partial charge in [-0.3, -0.25) is 10.1 Å². The number of benzene rings is 2. The number of carbonyl (C=O) groups excluding carboxylic acids is 1. The Kier molecular flexibility index (Phi) is 4.46. The Morgan fingerprint density at radius 3 is 2.31 bits per heavy atom. The maximum absolute atomic E-state index is 11.2. The molecule has 0 unspecified atom stereocenters. The van der Waals surface area contributed by atoms with Crippen LogP contribution in [0.1, 0.15) is 39.3 Å². The molecule has 0 aliphatic heterocycles. The number of non-ortho nitro benzene ring substituents is 1. The number of nitro groups is 1. The number of nitro benzene ring substituents is 1. The van der Waals surface area contributed by atoms with E-state index in [0.29, 0.717) is 5.71 Å². The molecule has 0 N–H and O–H groups in total. The van der Waals surface area contributed by atoms with Crippen LogP contribution in [0.25, 0.3) is 21.8 Å². The molecule has 2 aromatic carbocycles. The highest BCUT2D eigenvalue weighted by Crippen LogP contribution is 2.34. The molecule has 0 bridgehead atoms. The fourth-order valence-electron chi connectivity index (χ4n) is 3.12. The molecule has 3 aromatic rings. The minimum atomic E-state index is -0.488. The van der Waals surface area contributed by atoms with Gasteiger partial charge in [-0.1, -0.05) is 11.2 Å². The number of rotatable bonds is 4. The largest absolute Gasteiger partial charge is 0.338 e. The van der Waals surface area contributed by atoms with Crippen molar-refractivity contribution in [2.45, 2.75) is 33.7 Å². The summed E-state index contributed by atoms with van der Waals surface area (Å²) in [6.45, 7) is 7.17. The fourth-order valence-corrected chi connectivity index (χ4v) is 3.12. The summed E-state index contributed by atoms with van der Waals surface area (Å²) in [5, 5.41) is 16.7. The summed E-state index contributed by atoms with van der Waals surface area (Å²) in [5.41, 5.74) is 3.31. The van der Waals surface area contributed by atoms with E-state index in [1.807, 2.05) is 18.2 Å². The molecule has 0 aliphatic carbocycles. The Hall–Kier alpha value is -3.22. The Morgan fingerprint density at radius 1 is 1.12 bits per heavy atom. The van der Waals surface area contributed by atoms with Gasteiger partial charge in [-0.05, 0) is 44.5 Å². The van der Waals surface area contributed by atoms with Gasteiger partial charge in [0.25, 0.3) is 5.69 Å². The number of carbonyl (C=O) groups is 1. The first-order valence-electron chi connectivity index (χ1n) is 8.24. The van der Waals surface area contributed by atoms with Gasteiger partial charge >= 0.3 is 5.97 Å². The molecular formula is C19H19N3O4. The molecule has 0 saturated carbocycles. The molecule has 1 heterocycles. The lowest BCUT2D eigenvalue weighted by Crippen LogP contribution is -2.01. The fraction of sp³-hybridized carbons (Fsp3) is 0.263. The molecule has 0 saturated heterocycles. The second-order valence-corrected chi connectivity index (χ2v) is 6.41. The summed E-state index contributed by atoms with van der Waals surface area (Å²) in [7, 11) is 0. The first-order valence-corrected chi connectivity index (χ1v) is 8.24. The topological polar surface area (TPSA) is 86.7 Å². The predicted molar refractivity (Wildman–Crippen MR) is 100 cm³/mol. The van der Waals surface area contributed by atoms with E-state index in [1.165, 1.54) is 13.0 Å². The average molecular weight is 353 g/mol. The van der Waals surface area contributed by atoms with E-state index < -0.39 is 10.9 Å². The average Bonchev–Trinajstić information content (AvgIpc) is 2.92. The van der Waals surface area contributed by atoms with Crippen LogP contribution in [-0.2, 0) is 9.63 Å². The maximum atomic E-state index is 11.2. The van der Waals surface area contributed by atoms with Crippen molar-refractivity contribution in [3.8, 4) is 0 Å². The second kappa shape index (κ2) is 6.59. The van der Waals surface area contributed by atoms with Crippen molar-refractivity contribution in [1.82, 2.24) is 4.57 Å². The highest BCUT2D eigenvalue weighted by Gasteiger charge is 2.17. The number of hydrogen-bond donors (Lipinski definition) is 0. The second-order valence-electron chi connectivity index (χ2n) is 6.41. The summed E-state index contributed by atoms with van der Waals surface area (Å²) in [4.78, 5) is 26.4. The van der Waals surface area contributed by atoms with Gasteiger partial charge in [0.2, 0.25) is 0 Å². The van der Waals surface area contributed by atoms with Gasteiger partial charge in [0.15, 0.2) is 0 Å². The third-order valence-corrected chi connectivity index (χ3v) is 4.24. The Balaban J connectivity index is 2.28. The first kappa shape index (κ1) is 17.6. The Labute approximate surface area is 150 Å². The first-order chi connectivity index (χ1) is 12.3. The maximum Gasteiger partial charge on any atom is 0.331 e. The molecule has 0 amide bonds. The Bertz CT molecular complexity index is 1060. The molecule has 26 heavy (non-hydrogen) atoms. The number of nitrogens with zero attached hydrogens (tertiary/aromatic N) is 3. The van der Waals surface area contributed by atoms with Crippen LogP contribution in [0.4, 0.5) is 5.69 Å². The van der Waals surface area contributed by atoms with E-state index in [4.69, 9.17) is 4.84 Å². The van der Waals surface area contributed by atoms with E-state index in [9.17, 15) is 14.9 Å². The molecular weight excluding hydrogens is 334 g/mol. The summed E-state index contributed by atoms with van der Waals surface area (Å²) >= 11 is 0. The van der Waals surface area contributed by atoms with E-state index in [2.05, 4.69) is 23.6 Å². The van der Waals surface area contributed by atoms with E-state index in [-0.39, 0.29) is 11.7 Å². The standard InChI is InChI=1S/C19H19N3O4/c1-11(2)21-18-7-5-14(12(3)20-26-13(4)23)9-16(18)17-10-15(22(24)25)6-8-19(17)21/h5-11H,1-4H3/b20-12+. The summed E-state index contributed by atoms with van der Waals surface area (Å²) < 4.78 is 2.15. The van der Waals surface area contributed by atoms with Gasteiger partial charge in [0.1, 0.15) is 0 Å².